The molecule has 1 fully saturated rings. The van der Waals surface area contributed by atoms with Gasteiger partial charge in [0.15, 0.2) is 9.84 Å². The van der Waals surface area contributed by atoms with E-state index in [0.29, 0.717) is 29.7 Å². The average Bonchev–Trinajstić information content (AvgIpc) is 2.89. The fourth-order valence-corrected chi connectivity index (χ4v) is 6.14. The summed E-state index contributed by atoms with van der Waals surface area (Å²) in [6, 6.07) is 21.7. The number of nitrogens with one attached hydrogen (secondary N) is 1. The van der Waals surface area contributed by atoms with Crippen LogP contribution in [0.4, 0.5) is 0 Å². The Bertz CT molecular complexity index is 1550. The van der Waals surface area contributed by atoms with E-state index in [-0.39, 0.29) is 15.7 Å². The summed E-state index contributed by atoms with van der Waals surface area (Å²) in [6.07, 6.45) is 5.82. The number of piperidine rings is 1. The standard InChI is InChI=1S/C30H30ClNO5S/c1-38(34,35)29-14-6-21(19-28(29)31)26-12-5-20-18-23(33)7-13-27(20)30(26)37-25-10-8-24(9-11-25)36-17-15-22-4-2-3-16-32-22/h5-14,18-19,22,32-33H,2-4,15-17H2,1H3. The summed E-state index contributed by atoms with van der Waals surface area (Å²) >= 11 is 6.35. The molecule has 4 aromatic rings. The van der Waals surface area contributed by atoms with Gasteiger partial charge in [0.2, 0.25) is 0 Å². The van der Waals surface area contributed by atoms with Gasteiger partial charge in [-0.15, -0.1) is 0 Å². The second-order valence-electron chi connectivity index (χ2n) is 9.62. The van der Waals surface area contributed by atoms with Crippen LogP contribution in [0.15, 0.2) is 77.7 Å². The molecule has 8 heteroatoms. The first-order chi connectivity index (χ1) is 18.3. The van der Waals surface area contributed by atoms with Crippen molar-refractivity contribution in [2.24, 2.45) is 0 Å². The van der Waals surface area contributed by atoms with E-state index in [4.69, 9.17) is 21.1 Å². The molecule has 1 aliphatic heterocycles. The fraction of sp³-hybridized carbons (Fsp3) is 0.267. The van der Waals surface area contributed by atoms with Crippen LogP contribution >= 0.6 is 11.6 Å². The lowest BCUT2D eigenvalue weighted by atomic mass is 9.99. The van der Waals surface area contributed by atoms with Crippen LogP contribution in [-0.2, 0) is 9.84 Å². The number of rotatable bonds is 8. The number of ether oxygens (including phenoxy) is 2. The molecule has 6 nitrogen and oxygen atoms in total. The second-order valence-corrected chi connectivity index (χ2v) is 12.0. The normalized spacial score (nSPS) is 15.9. The van der Waals surface area contributed by atoms with Crippen molar-refractivity contribution >= 4 is 32.2 Å². The van der Waals surface area contributed by atoms with E-state index in [1.54, 1.807) is 30.3 Å². The van der Waals surface area contributed by atoms with Gasteiger partial charge in [0, 0.05) is 23.2 Å². The maximum atomic E-state index is 12.0. The molecule has 198 valence electrons. The Hall–Kier alpha value is -3.26. The fourth-order valence-electron chi connectivity index (χ4n) is 4.81. The average molecular weight is 552 g/mol. The van der Waals surface area contributed by atoms with Gasteiger partial charge in [0.1, 0.15) is 23.0 Å². The van der Waals surface area contributed by atoms with Crippen LogP contribution in [0.5, 0.6) is 23.0 Å². The highest BCUT2D eigenvalue weighted by molar-refractivity contribution is 7.90. The Balaban J connectivity index is 1.42. The number of fused-ring (bicyclic) bond motifs is 1. The Labute approximate surface area is 228 Å². The third-order valence-corrected chi connectivity index (χ3v) is 8.37. The number of hydrogen-bond acceptors (Lipinski definition) is 6. The highest BCUT2D eigenvalue weighted by atomic mass is 35.5. The lowest BCUT2D eigenvalue weighted by molar-refractivity contribution is 0.268. The number of phenolic OH excluding ortho intramolecular Hbond substituents is 1. The number of hydrogen-bond donors (Lipinski definition) is 2. The molecule has 1 atom stereocenters. The van der Waals surface area contributed by atoms with Gasteiger partial charge >= 0.3 is 0 Å². The summed E-state index contributed by atoms with van der Waals surface area (Å²) in [5, 5.41) is 15.3. The highest BCUT2D eigenvalue weighted by Gasteiger charge is 2.17. The minimum absolute atomic E-state index is 0.0750. The van der Waals surface area contributed by atoms with Gasteiger partial charge in [-0.3, -0.25) is 0 Å². The monoisotopic (exact) mass is 551 g/mol. The Morgan fingerprint density at radius 2 is 1.76 bits per heavy atom. The summed E-state index contributed by atoms with van der Waals surface area (Å²) in [5.74, 6) is 2.12. The summed E-state index contributed by atoms with van der Waals surface area (Å²) < 4.78 is 36.4. The van der Waals surface area contributed by atoms with Crippen molar-refractivity contribution < 1.29 is 23.0 Å². The molecular weight excluding hydrogens is 522 g/mol. The molecular formula is C30H30ClNO5S. The van der Waals surface area contributed by atoms with Gasteiger partial charge in [-0.1, -0.05) is 30.2 Å². The predicted molar refractivity (Wildman–Crippen MR) is 151 cm³/mol. The molecule has 38 heavy (non-hydrogen) atoms. The quantitative estimate of drug-likeness (QED) is 0.246. The molecule has 0 saturated carbocycles. The van der Waals surface area contributed by atoms with E-state index in [1.807, 2.05) is 36.4 Å². The van der Waals surface area contributed by atoms with Gasteiger partial charge < -0.3 is 19.9 Å². The van der Waals surface area contributed by atoms with Gasteiger partial charge in [-0.25, -0.2) is 8.42 Å². The SMILES string of the molecule is CS(=O)(=O)c1ccc(-c2ccc3cc(O)ccc3c2Oc2ccc(OCCC3CCCCN3)cc2)cc1Cl. The first-order valence-corrected chi connectivity index (χ1v) is 14.9. The van der Waals surface area contributed by atoms with Crippen molar-refractivity contribution in [3.63, 3.8) is 0 Å². The van der Waals surface area contributed by atoms with Gasteiger partial charge in [-0.2, -0.15) is 0 Å². The summed E-state index contributed by atoms with van der Waals surface area (Å²) in [5.41, 5.74) is 1.45. The first kappa shape index (κ1) is 26.4. The van der Waals surface area contributed by atoms with Crippen molar-refractivity contribution in [2.45, 2.75) is 36.6 Å². The molecule has 2 N–H and O–H groups in total. The molecule has 1 unspecified atom stereocenters. The number of benzene rings is 4. The van der Waals surface area contributed by atoms with Crippen molar-refractivity contribution in [1.29, 1.82) is 0 Å². The number of aromatic hydroxyl groups is 1. The van der Waals surface area contributed by atoms with Crippen molar-refractivity contribution in [3.8, 4) is 34.1 Å². The molecule has 0 radical (unpaired) electrons. The zero-order valence-corrected chi connectivity index (χ0v) is 22.7. The van der Waals surface area contributed by atoms with Crippen LogP contribution in [0, 0.1) is 0 Å². The van der Waals surface area contributed by atoms with Gasteiger partial charge in [0.25, 0.3) is 0 Å². The van der Waals surface area contributed by atoms with E-state index in [9.17, 15) is 13.5 Å². The summed E-state index contributed by atoms with van der Waals surface area (Å²) in [6.45, 7) is 1.74. The Morgan fingerprint density at radius 3 is 2.47 bits per heavy atom. The lowest BCUT2D eigenvalue weighted by Gasteiger charge is -2.23. The van der Waals surface area contributed by atoms with E-state index >= 15 is 0 Å². The van der Waals surface area contributed by atoms with Crippen LogP contribution < -0.4 is 14.8 Å². The maximum absolute atomic E-state index is 12.0. The molecule has 1 heterocycles. The molecule has 0 bridgehead atoms. The zero-order valence-electron chi connectivity index (χ0n) is 21.1. The number of halogens is 1. The third kappa shape index (κ3) is 6.07. The summed E-state index contributed by atoms with van der Waals surface area (Å²) in [4.78, 5) is 0.0750. The van der Waals surface area contributed by atoms with Crippen molar-refractivity contribution in [3.05, 3.63) is 77.8 Å². The number of phenols is 1. The lowest BCUT2D eigenvalue weighted by Crippen LogP contribution is -2.35. The Kier molecular flexibility index (Phi) is 7.79. The minimum Gasteiger partial charge on any atom is -0.508 e. The van der Waals surface area contributed by atoms with Crippen molar-refractivity contribution in [1.82, 2.24) is 5.32 Å². The van der Waals surface area contributed by atoms with E-state index in [2.05, 4.69) is 5.32 Å². The highest BCUT2D eigenvalue weighted by Crippen LogP contribution is 2.42. The topological polar surface area (TPSA) is 84.9 Å². The maximum Gasteiger partial charge on any atom is 0.176 e. The molecule has 4 aromatic carbocycles. The molecule has 0 spiro atoms. The minimum atomic E-state index is -3.45. The molecule has 0 aliphatic carbocycles. The van der Waals surface area contributed by atoms with Crippen LogP contribution in [0.3, 0.4) is 0 Å². The molecule has 0 aromatic heterocycles. The largest absolute Gasteiger partial charge is 0.508 e. The van der Waals surface area contributed by atoms with Gasteiger partial charge in [0.05, 0.1) is 16.5 Å². The smallest absolute Gasteiger partial charge is 0.176 e. The first-order valence-electron chi connectivity index (χ1n) is 12.7. The number of sulfone groups is 1. The van der Waals surface area contributed by atoms with Crippen LogP contribution in [0.1, 0.15) is 25.7 Å². The van der Waals surface area contributed by atoms with Crippen LogP contribution in [-0.4, -0.2) is 39.0 Å². The van der Waals surface area contributed by atoms with E-state index < -0.39 is 9.84 Å². The van der Waals surface area contributed by atoms with Crippen LogP contribution in [0.25, 0.3) is 21.9 Å². The van der Waals surface area contributed by atoms with Crippen molar-refractivity contribution in [2.75, 3.05) is 19.4 Å². The summed E-state index contributed by atoms with van der Waals surface area (Å²) in [7, 11) is -3.45. The van der Waals surface area contributed by atoms with E-state index in [1.165, 1.54) is 25.3 Å². The van der Waals surface area contributed by atoms with E-state index in [0.717, 1.165) is 41.3 Å². The van der Waals surface area contributed by atoms with Crippen LogP contribution in [0.2, 0.25) is 5.02 Å². The molecule has 0 amide bonds. The molecule has 1 saturated heterocycles. The second kappa shape index (κ2) is 11.2. The zero-order chi connectivity index (χ0) is 26.7. The predicted octanol–water partition coefficient (Wildman–Crippen LogP) is 6.97. The molecule has 1 aliphatic rings. The Morgan fingerprint density at radius 1 is 0.974 bits per heavy atom. The van der Waals surface area contributed by atoms with Gasteiger partial charge in [-0.05, 0) is 97.4 Å². The third-order valence-electron chi connectivity index (χ3n) is 6.79. The molecule has 5 rings (SSSR count).